The monoisotopic (exact) mass is 1430 g/mol. The van der Waals surface area contributed by atoms with Gasteiger partial charge in [0.15, 0.2) is 17.5 Å². The van der Waals surface area contributed by atoms with E-state index >= 15 is 4.39 Å². The molecule has 3 fully saturated rings. The number of anilines is 3. The van der Waals surface area contributed by atoms with E-state index in [1.807, 2.05) is 38.9 Å². The first kappa shape index (κ1) is 81.2. The van der Waals surface area contributed by atoms with E-state index in [0.29, 0.717) is 74.4 Å². The summed E-state index contributed by atoms with van der Waals surface area (Å²) in [6.07, 6.45) is 9.08. The summed E-state index contributed by atoms with van der Waals surface area (Å²) in [6, 6.07) is 34.0. The zero-order chi connectivity index (χ0) is 70.2. The Morgan fingerprint density at radius 1 is 0.531 bits per heavy atom. The minimum atomic E-state index is -0.947. The van der Waals surface area contributed by atoms with Gasteiger partial charge in [0.1, 0.15) is 28.4 Å². The normalized spacial score (nSPS) is 16.2. The fourth-order valence-corrected chi connectivity index (χ4v) is 11.1. The first-order chi connectivity index (χ1) is 44.9. The fourth-order valence-electron chi connectivity index (χ4n) is 10.4. The first-order valence-electron chi connectivity index (χ1n) is 31.8. The van der Waals surface area contributed by atoms with E-state index in [-0.39, 0.29) is 41.4 Å². The summed E-state index contributed by atoms with van der Waals surface area (Å²) in [6.45, 7) is 16.4. The van der Waals surface area contributed by atoms with Crippen LogP contribution < -0.4 is 21.7 Å². The van der Waals surface area contributed by atoms with Crippen molar-refractivity contribution < 1.29 is 51.7 Å². The number of nitrogens with two attached hydrogens (primary N) is 1. The third-order valence-electron chi connectivity index (χ3n) is 15.1. The number of carboxylic acid groups (broad SMARTS) is 1. The van der Waals surface area contributed by atoms with Crippen molar-refractivity contribution in [3.63, 3.8) is 0 Å². The number of benzene rings is 6. The Bertz CT molecular complexity index is 3580. The molecule has 0 bridgehead atoms. The van der Waals surface area contributed by atoms with Crippen LogP contribution in [0.2, 0.25) is 15.1 Å². The third kappa shape index (κ3) is 25.3. The number of rotatable bonds is 9. The van der Waals surface area contributed by atoms with Crippen LogP contribution in [-0.2, 0) is 23.9 Å². The van der Waals surface area contributed by atoms with Gasteiger partial charge in [0, 0.05) is 75.6 Å². The molecule has 15 nitrogen and oxygen atoms in total. The molecule has 23 heteroatoms. The summed E-state index contributed by atoms with van der Waals surface area (Å²) in [4.78, 5) is 66.0. The lowest BCUT2D eigenvalue weighted by Crippen LogP contribution is -2.48. The summed E-state index contributed by atoms with van der Waals surface area (Å²) in [7, 11) is 3.85. The molecule has 3 aliphatic heterocycles. The van der Waals surface area contributed by atoms with Gasteiger partial charge in [0.25, 0.3) is 0 Å². The highest BCUT2D eigenvalue weighted by atomic mass is 35.5. The number of hydrogen-bond acceptors (Lipinski definition) is 10. The van der Waals surface area contributed by atoms with Gasteiger partial charge in [-0.2, -0.15) is 0 Å². The van der Waals surface area contributed by atoms with E-state index in [1.165, 1.54) is 21.9 Å². The molecule has 0 saturated carbocycles. The van der Waals surface area contributed by atoms with Crippen molar-refractivity contribution >= 4 is 106 Å². The zero-order valence-electron chi connectivity index (χ0n) is 56.2. The maximum atomic E-state index is 15.2. The number of carboxylic acids is 1. The van der Waals surface area contributed by atoms with E-state index in [0.717, 1.165) is 81.5 Å². The highest BCUT2D eigenvalue weighted by molar-refractivity contribution is 6.34. The molecule has 0 aliphatic carbocycles. The van der Waals surface area contributed by atoms with Gasteiger partial charge in [-0.15, -0.1) is 12.4 Å². The molecule has 6 aromatic carbocycles. The van der Waals surface area contributed by atoms with E-state index in [4.69, 9.17) is 66.7 Å². The lowest BCUT2D eigenvalue weighted by Gasteiger charge is -2.31. The van der Waals surface area contributed by atoms with Crippen LogP contribution in [0.4, 0.5) is 39.8 Å². The molecule has 3 heterocycles. The standard InChI is InChI=1S/C24H28ClFN2O3.C19H20ClFN2O.C12H9ClFN.C12H21NO4.C6H12ClN.ClH/c1-24(2,3)31-23(30)28-15-8-4-5-14-20(28)22(29)27-19-13-9-11-17(21(19)26)16-10-6-7-12-18(16)25;20-15-9-4-3-7-13(15)14-8-6-11-16(18(14)21)23-19(24)17-10-2-1-5-12-22-17;13-10-6-2-1-4-8(10)9-5-3-7-11(15)12(9)14;1-12(2,3)17-11(16)13-8-6-4-5-7-9(13)10(14)15;1-5(2)6(7)8(3)4;/h6-7,9-13,20H,4-5,8,14-15H2,1-3H3,(H,27,29);3-4,6-9,11,17,22H,1-2,5,10,12H2,(H,23,24);1-7H,15H2;9H,4-8H2,1-3H3,(H,14,15);1-4H3;1H/t20-;17-;;9-;;/m00.0../s1. The summed E-state index contributed by atoms with van der Waals surface area (Å²) >= 11 is 24.1. The van der Waals surface area contributed by atoms with Crippen LogP contribution in [0.1, 0.15) is 132 Å². The number of likely N-dealkylation sites (tertiary alicyclic amines) is 2. The summed E-state index contributed by atoms with van der Waals surface area (Å²) in [5, 5.41) is 20.0. The average Bonchev–Trinajstić information content (AvgIpc) is 1.60. The number of carbonyl (C=O) groups is 5. The SMILES string of the molecule is CC(C)(C)OC(=O)N1CCCCC[C@H]1C(=O)Nc1cccc(-c2ccccc2Cl)c1F.CC(C)(C)OC(=O)N1CCCCC[C@H]1C(=O)O.CC(C)=C(Cl)N(C)C.Cl.Nc1cccc(-c2ccccc2Cl)c1F.O=C(Nc1cccc(-c2ccccc2Cl)c1F)[C@@H]1CCCCCN1. The highest BCUT2D eigenvalue weighted by Crippen LogP contribution is 2.36. The molecule has 3 saturated heterocycles. The van der Waals surface area contributed by atoms with E-state index in [2.05, 4.69) is 16.0 Å². The predicted octanol–water partition coefficient (Wildman–Crippen LogP) is 19.3. The Morgan fingerprint density at radius 2 is 0.906 bits per heavy atom. The van der Waals surface area contributed by atoms with Crippen LogP contribution in [0.3, 0.4) is 0 Å². The molecule has 96 heavy (non-hydrogen) atoms. The van der Waals surface area contributed by atoms with Crippen LogP contribution in [0.5, 0.6) is 0 Å². The Morgan fingerprint density at radius 3 is 1.31 bits per heavy atom. The minimum Gasteiger partial charge on any atom is -0.480 e. The first-order valence-corrected chi connectivity index (χ1v) is 33.3. The van der Waals surface area contributed by atoms with Gasteiger partial charge in [-0.25, -0.2) is 27.6 Å². The Hall–Kier alpha value is -7.19. The van der Waals surface area contributed by atoms with Gasteiger partial charge < -0.3 is 41.2 Å². The molecule has 3 aliphatic rings. The van der Waals surface area contributed by atoms with Crippen molar-refractivity contribution in [2.75, 3.05) is 50.1 Å². The average molecular weight is 1430 g/mol. The molecular formula is C73H91Cl5F3N7O8. The summed E-state index contributed by atoms with van der Waals surface area (Å²) in [5.74, 6) is -3.02. The third-order valence-corrected chi connectivity index (χ3v) is 16.8. The number of ether oxygens (including phenoxy) is 2. The van der Waals surface area contributed by atoms with E-state index < -0.39 is 64.8 Å². The maximum absolute atomic E-state index is 15.2. The Balaban J connectivity index is 0.000000269. The summed E-state index contributed by atoms with van der Waals surface area (Å²) < 4.78 is 54.5. The van der Waals surface area contributed by atoms with Crippen molar-refractivity contribution in [3.8, 4) is 33.4 Å². The van der Waals surface area contributed by atoms with Crippen molar-refractivity contribution in [1.29, 1.82) is 0 Å². The van der Waals surface area contributed by atoms with Crippen molar-refractivity contribution in [1.82, 2.24) is 20.0 Å². The number of aliphatic carboxylic acids is 1. The molecule has 3 atom stereocenters. The molecule has 6 aromatic rings. The van der Waals surface area contributed by atoms with Crippen molar-refractivity contribution in [2.45, 2.75) is 162 Å². The second-order valence-corrected chi connectivity index (χ2v) is 27.0. The lowest BCUT2D eigenvalue weighted by molar-refractivity contribution is -0.143. The van der Waals surface area contributed by atoms with Crippen molar-refractivity contribution in [2.24, 2.45) is 0 Å². The number of allylic oxidation sites excluding steroid dienone is 1. The molecule has 0 spiro atoms. The molecular weight excluding hydrogens is 1340 g/mol. The summed E-state index contributed by atoms with van der Waals surface area (Å²) in [5.41, 5.74) is 8.67. The smallest absolute Gasteiger partial charge is 0.411 e. The molecule has 6 N–H and O–H groups in total. The second kappa shape index (κ2) is 39.3. The number of nitrogen functional groups attached to an aromatic ring is 1. The Kier molecular flexibility index (Phi) is 33.2. The van der Waals surface area contributed by atoms with Gasteiger partial charge in [0.2, 0.25) is 11.8 Å². The molecule has 0 unspecified atom stereocenters. The van der Waals surface area contributed by atoms with Crippen LogP contribution in [-0.4, -0.2) is 113 Å². The topological polar surface area (TPSA) is 196 Å². The fraction of sp³-hybridized carbons (Fsp3) is 0.411. The van der Waals surface area contributed by atoms with Gasteiger partial charge in [0.05, 0.1) is 23.1 Å². The van der Waals surface area contributed by atoms with Crippen LogP contribution in [0.15, 0.2) is 138 Å². The van der Waals surface area contributed by atoms with Crippen LogP contribution in [0, 0.1) is 17.5 Å². The quantitative estimate of drug-likeness (QED) is 0.0682. The Labute approximate surface area is 589 Å². The van der Waals surface area contributed by atoms with E-state index in [9.17, 15) is 32.8 Å². The number of nitrogens with one attached hydrogen (secondary N) is 3. The van der Waals surface area contributed by atoms with Gasteiger partial charge in [-0.3, -0.25) is 19.4 Å². The van der Waals surface area contributed by atoms with Crippen molar-refractivity contribution in [3.05, 3.63) is 171 Å². The van der Waals surface area contributed by atoms with Crippen LogP contribution in [0.25, 0.3) is 33.4 Å². The molecule has 0 radical (unpaired) electrons. The maximum Gasteiger partial charge on any atom is 0.411 e. The van der Waals surface area contributed by atoms with Gasteiger partial charge in [-0.05, 0) is 142 Å². The minimum absolute atomic E-state index is 0. The zero-order valence-corrected chi connectivity index (χ0v) is 60.1. The van der Waals surface area contributed by atoms with Gasteiger partial charge in [-0.1, -0.05) is 176 Å². The molecule has 522 valence electrons. The second-order valence-electron chi connectivity index (χ2n) is 25.4. The number of halogens is 8. The predicted molar refractivity (Wildman–Crippen MR) is 386 cm³/mol. The molecule has 9 rings (SSSR count). The lowest BCUT2D eigenvalue weighted by atomic mass is 10.0. The van der Waals surface area contributed by atoms with Crippen LogP contribution >= 0.6 is 58.8 Å². The highest BCUT2D eigenvalue weighted by Gasteiger charge is 2.36. The van der Waals surface area contributed by atoms with Gasteiger partial charge >= 0.3 is 18.2 Å². The molecule has 4 amide bonds. The number of amides is 4. The van der Waals surface area contributed by atoms with E-state index in [1.54, 1.807) is 151 Å². The number of carbonyl (C=O) groups excluding carboxylic acids is 4. The number of hydrogen-bond donors (Lipinski definition) is 5. The largest absolute Gasteiger partial charge is 0.480 e. The molecule has 0 aromatic heterocycles. The number of nitrogens with zero attached hydrogens (tertiary/aromatic N) is 3.